The molecule has 0 saturated carbocycles. The highest BCUT2D eigenvalue weighted by Crippen LogP contribution is 2.35. The monoisotopic (exact) mass is 510 g/mol. The van der Waals surface area contributed by atoms with Gasteiger partial charge in [0, 0.05) is 18.2 Å². The third-order valence-electron chi connectivity index (χ3n) is 6.58. The van der Waals surface area contributed by atoms with Crippen LogP contribution in [-0.2, 0) is 11.3 Å². The second-order valence-electron chi connectivity index (χ2n) is 10.6. The fourth-order valence-corrected chi connectivity index (χ4v) is 4.65. The number of fused-ring (bicyclic) bond motifs is 1. The number of ether oxygens (including phenoxy) is 2. The lowest BCUT2D eigenvalue weighted by Crippen LogP contribution is -2.42. The summed E-state index contributed by atoms with van der Waals surface area (Å²) in [6.45, 7) is 9.10. The molecule has 1 fully saturated rings. The van der Waals surface area contributed by atoms with E-state index in [0.29, 0.717) is 46.6 Å². The second kappa shape index (κ2) is 10.9. The smallest absolute Gasteiger partial charge is 0.412 e. The zero-order valence-electron chi connectivity index (χ0n) is 22.6. The highest BCUT2D eigenvalue weighted by Gasteiger charge is 2.23. The van der Waals surface area contributed by atoms with Crippen LogP contribution < -0.4 is 15.8 Å². The van der Waals surface area contributed by atoms with Gasteiger partial charge in [-0.05, 0) is 79.0 Å². The summed E-state index contributed by atoms with van der Waals surface area (Å²) in [5.74, 6) is 0.860. The van der Waals surface area contributed by atoms with Gasteiger partial charge in [-0.25, -0.2) is 19.4 Å². The summed E-state index contributed by atoms with van der Waals surface area (Å²) in [5.41, 5.74) is 8.23. The van der Waals surface area contributed by atoms with Gasteiger partial charge >= 0.3 is 6.09 Å². The molecule has 11 heteroatoms. The van der Waals surface area contributed by atoms with Crippen LogP contribution in [0.5, 0.6) is 5.75 Å². The van der Waals surface area contributed by atoms with Crippen LogP contribution in [0.2, 0.25) is 0 Å². The molecule has 3 N–H and O–H groups in total. The zero-order chi connectivity index (χ0) is 26.7. The molecule has 0 unspecified atom stereocenters. The van der Waals surface area contributed by atoms with E-state index in [2.05, 4.69) is 39.2 Å². The minimum absolute atomic E-state index is 0.357. The molecule has 3 heterocycles. The highest BCUT2D eigenvalue weighted by molar-refractivity contribution is 5.99. The molecule has 1 amide bonds. The van der Waals surface area contributed by atoms with E-state index in [4.69, 9.17) is 20.3 Å². The van der Waals surface area contributed by atoms with E-state index in [1.54, 1.807) is 19.2 Å². The summed E-state index contributed by atoms with van der Waals surface area (Å²) in [6, 6.07) is 6.10. The van der Waals surface area contributed by atoms with Gasteiger partial charge in [0.25, 0.3) is 0 Å². The number of likely N-dealkylation sites (tertiary alicyclic amines) is 1. The summed E-state index contributed by atoms with van der Waals surface area (Å²) in [4.78, 5) is 25.9. The van der Waals surface area contributed by atoms with Gasteiger partial charge in [0.15, 0.2) is 5.65 Å². The first-order chi connectivity index (χ1) is 17.6. The SMILES string of the molecule is COc1ccc(-c2nn(CCN3CCC(N(C)C)CC3)c3ncnc(N)c23)cc1NC(=O)OC(C)(C)C. The molecular formula is C26H38N8O3. The van der Waals surface area contributed by atoms with E-state index >= 15 is 0 Å². The van der Waals surface area contributed by atoms with Gasteiger partial charge in [0.05, 0.1) is 24.7 Å². The van der Waals surface area contributed by atoms with Crippen LogP contribution in [0, 0.1) is 0 Å². The Morgan fingerprint density at radius 3 is 2.57 bits per heavy atom. The van der Waals surface area contributed by atoms with Crippen molar-refractivity contribution in [2.24, 2.45) is 0 Å². The second-order valence-corrected chi connectivity index (χ2v) is 10.6. The van der Waals surface area contributed by atoms with Crippen molar-refractivity contribution in [2.75, 3.05) is 51.9 Å². The molecule has 0 radical (unpaired) electrons. The number of carbonyl (C=O) groups excluding carboxylic acids is 1. The first-order valence-corrected chi connectivity index (χ1v) is 12.6. The average molecular weight is 511 g/mol. The van der Waals surface area contributed by atoms with E-state index in [9.17, 15) is 4.79 Å². The van der Waals surface area contributed by atoms with Crippen molar-refractivity contribution in [2.45, 2.75) is 51.8 Å². The number of carbonyl (C=O) groups is 1. The number of piperidine rings is 1. The fraction of sp³-hybridized carbons (Fsp3) is 0.538. The number of nitrogens with one attached hydrogen (secondary N) is 1. The minimum Gasteiger partial charge on any atom is -0.495 e. The van der Waals surface area contributed by atoms with Crippen molar-refractivity contribution < 1.29 is 14.3 Å². The Bertz CT molecular complexity index is 1240. The van der Waals surface area contributed by atoms with Crippen molar-refractivity contribution in [1.29, 1.82) is 0 Å². The largest absolute Gasteiger partial charge is 0.495 e. The molecule has 0 aliphatic carbocycles. The molecule has 0 atom stereocenters. The van der Waals surface area contributed by atoms with E-state index in [-0.39, 0.29) is 0 Å². The first-order valence-electron chi connectivity index (χ1n) is 12.6. The third-order valence-corrected chi connectivity index (χ3v) is 6.58. The Morgan fingerprint density at radius 2 is 1.92 bits per heavy atom. The maximum Gasteiger partial charge on any atom is 0.412 e. The third kappa shape index (κ3) is 6.28. The van der Waals surface area contributed by atoms with Gasteiger partial charge in [-0.2, -0.15) is 5.10 Å². The van der Waals surface area contributed by atoms with Crippen molar-refractivity contribution in [3.05, 3.63) is 24.5 Å². The highest BCUT2D eigenvalue weighted by atomic mass is 16.6. The van der Waals surface area contributed by atoms with Gasteiger partial charge < -0.3 is 25.0 Å². The number of hydrogen-bond acceptors (Lipinski definition) is 9. The van der Waals surface area contributed by atoms with Crippen LogP contribution in [-0.4, -0.2) is 88.1 Å². The number of benzene rings is 1. The number of aromatic nitrogens is 4. The molecule has 4 rings (SSSR count). The molecular weight excluding hydrogens is 472 g/mol. The van der Waals surface area contributed by atoms with Gasteiger partial charge in [0.2, 0.25) is 0 Å². The Kier molecular flexibility index (Phi) is 7.84. The van der Waals surface area contributed by atoms with Crippen molar-refractivity contribution in [3.8, 4) is 17.0 Å². The Morgan fingerprint density at radius 1 is 1.19 bits per heavy atom. The summed E-state index contributed by atoms with van der Waals surface area (Å²) in [6.07, 6.45) is 3.21. The van der Waals surface area contributed by atoms with Crippen LogP contribution in [0.3, 0.4) is 0 Å². The predicted molar refractivity (Wildman–Crippen MR) is 145 cm³/mol. The van der Waals surface area contributed by atoms with E-state index in [1.807, 2.05) is 31.5 Å². The number of anilines is 2. The van der Waals surface area contributed by atoms with Crippen LogP contribution in [0.15, 0.2) is 24.5 Å². The number of nitrogen functional groups attached to an aromatic ring is 1. The topological polar surface area (TPSA) is 124 Å². The maximum absolute atomic E-state index is 12.5. The first kappa shape index (κ1) is 26.6. The van der Waals surface area contributed by atoms with Crippen LogP contribution in [0.4, 0.5) is 16.3 Å². The molecule has 0 bridgehead atoms. The Hall–Kier alpha value is -3.44. The number of rotatable bonds is 7. The van der Waals surface area contributed by atoms with E-state index in [0.717, 1.165) is 38.0 Å². The number of nitrogens with two attached hydrogens (primary N) is 1. The molecule has 1 aliphatic rings. The molecule has 2 aromatic heterocycles. The summed E-state index contributed by atoms with van der Waals surface area (Å²) < 4.78 is 12.8. The van der Waals surface area contributed by atoms with E-state index in [1.165, 1.54) is 6.33 Å². The lowest BCUT2D eigenvalue weighted by Gasteiger charge is -2.35. The average Bonchev–Trinajstić information content (AvgIpc) is 3.21. The Labute approximate surface area is 217 Å². The summed E-state index contributed by atoms with van der Waals surface area (Å²) in [5, 5.41) is 8.36. The molecule has 3 aromatic rings. The number of hydrogen-bond donors (Lipinski definition) is 2. The van der Waals surface area contributed by atoms with Crippen molar-refractivity contribution >= 4 is 28.6 Å². The number of amides is 1. The zero-order valence-corrected chi connectivity index (χ0v) is 22.6. The number of methoxy groups -OCH3 is 1. The molecule has 0 spiro atoms. The van der Waals surface area contributed by atoms with Crippen molar-refractivity contribution in [1.82, 2.24) is 29.5 Å². The van der Waals surface area contributed by atoms with Gasteiger partial charge in [-0.1, -0.05) is 0 Å². The predicted octanol–water partition coefficient (Wildman–Crippen LogP) is 3.46. The lowest BCUT2D eigenvalue weighted by molar-refractivity contribution is 0.0635. The molecule has 37 heavy (non-hydrogen) atoms. The minimum atomic E-state index is -0.628. The lowest BCUT2D eigenvalue weighted by atomic mass is 10.0. The van der Waals surface area contributed by atoms with E-state index < -0.39 is 11.7 Å². The van der Waals surface area contributed by atoms with Crippen LogP contribution in [0.1, 0.15) is 33.6 Å². The number of nitrogens with zero attached hydrogens (tertiary/aromatic N) is 6. The van der Waals surface area contributed by atoms with Crippen LogP contribution in [0.25, 0.3) is 22.3 Å². The maximum atomic E-state index is 12.5. The molecule has 1 aliphatic heterocycles. The molecule has 11 nitrogen and oxygen atoms in total. The van der Waals surface area contributed by atoms with Gasteiger partial charge in [0.1, 0.15) is 29.2 Å². The molecule has 1 aromatic carbocycles. The quantitative estimate of drug-likeness (QED) is 0.492. The van der Waals surface area contributed by atoms with Crippen LogP contribution >= 0.6 is 0 Å². The summed E-state index contributed by atoms with van der Waals surface area (Å²) >= 11 is 0. The fourth-order valence-electron chi connectivity index (χ4n) is 4.65. The van der Waals surface area contributed by atoms with Gasteiger partial charge in [-0.15, -0.1) is 0 Å². The normalized spacial score (nSPS) is 15.3. The molecule has 1 saturated heterocycles. The Balaban J connectivity index is 1.61. The van der Waals surface area contributed by atoms with Crippen molar-refractivity contribution in [3.63, 3.8) is 0 Å². The van der Waals surface area contributed by atoms with Gasteiger partial charge in [-0.3, -0.25) is 5.32 Å². The standard InChI is InChI=1S/C26H38N8O3/c1-26(2,3)37-25(35)30-19-15-17(7-8-20(19)36-6)22-21-23(27)28-16-29-24(21)34(31-22)14-13-33-11-9-18(10-12-33)32(4)5/h7-8,15-16,18H,9-14H2,1-6H3,(H,30,35)(H2,27,28,29). The summed E-state index contributed by atoms with van der Waals surface area (Å²) in [7, 11) is 5.84. The molecule has 200 valence electrons.